The molecule has 0 amide bonds. The molecule has 7 nitrogen and oxygen atoms in total. The summed E-state index contributed by atoms with van der Waals surface area (Å²) in [5.74, 6) is 1.31. The van der Waals surface area contributed by atoms with Gasteiger partial charge in [0.05, 0.1) is 38.6 Å². The van der Waals surface area contributed by atoms with Gasteiger partial charge in [0.1, 0.15) is 18.1 Å². The van der Waals surface area contributed by atoms with Crippen molar-refractivity contribution in [3.05, 3.63) is 23.8 Å². The van der Waals surface area contributed by atoms with Gasteiger partial charge in [-0.15, -0.1) is 0 Å². The van der Waals surface area contributed by atoms with Gasteiger partial charge in [-0.25, -0.2) is 0 Å². The predicted octanol–water partition coefficient (Wildman–Crippen LogP) is 21.7. The van der Waals surface area contributed by atoms with Crippen molar-refractivity contribution in [1.29, 1.82) is 0 Å². The van der Waals surface area contributed by atoms with Gasteiger partial charge in [0, 0.05) is 31.5 Å². The summed E-state index contributed by atoms with van der Waals surface area (Å²) in [6.07, 6.45) is 66.9. The number of rotatable bonds is 62. The van der Waals surface area contributed by atoms with Crippen LogP contribution in [-0.4, -0.2) is 64.8 Å². The number of oxime groups is 1. The fraction of sp³-hybridized carbons (Fsp3) is 0.896. The number of unbranched alkanes of at least 4 members (excludes halogenated alkanes) is 45. The van der Waals surface area contributed by atoms with Crippen LogP contribution in [0, 0.1) is 5.41 Å². The molecular weight excluding hydrogens is 915 g/mol. The molecule has 0 fully saturated rings. The number of hydrogen-bond donors (Lipinski definition) is 1. The zero-order chi connectivity index (χ0) is 53.2. The molecule has 0 unspecified atom stereocenters. The molecule has 436 valence electrons. The topological polar surface area (TPSA) is 78.7 Å². The van der Waals surface area contributed by atoms with E-state index in [1.54, 1.807) is 7.11 Å². The van der Waals surface area contributed by atoms with Gasteiger partial charge in [0.15, 0.2) is 0 Å². The molecule has 1 aromatic carbocycles. The first-order valence-electron chi connectivity index (χ1n) is 32.9. The van der Waals surface area contributed by atoms with Crippen molar-refractivity contribution >= 4 is 6.21 Å². The van der Waals surface area contributed by atoms with E-state index in [1.807, 2.05) is 18.2 Å². The molecule has 0 aliphatic rings. The highest BCUT2D eigenvalue weighted by atomic mass is 16.5. The summed E-state index contributed by atoms with van der Waals surface area (Å²) in [6, 6.07) is 5.65. The van der Waals surface area contributed by atoms with Crippen LogP contribution in [0.15, 0.2) is 23.4 Å². The van der Waals surface area contributed by atoms with Gasteiger partial charge in [-0.2, -0.15) is 0 Å². The molecule has 0 saturated carbocycles. The lowest BCUT2D eigenvalue weighted by atomic mass is 9.92. The highest BCUT2D eigenvalue weighted by molar-refractivity contribution is 5.83. The van der Waals surface area contributed by atoms with Crippen molar-refractivity contribution in [2.75, 3.05) is 53.4 Å². The smallest absolute Gasteiger partial charge is 0.131 e. The van der Waals surface area contributed by atoms with Gasteiger partial charge in [-0.3, -0.25) is 0 Å². The van der Waals surface area contributed by atoms with E-state index < -0.39 is 5.41 Å². The van der Waals surface area contributed by atoms with E-state index in [4.69, 9.17) is 23.7 Å². The number of methoxy groups -OCH3 is 1. The van der Waals surface area contributed by atoms with Crippen LogP contribution in [0.1, 0.15) is 335 Å². The quantitative estimate of drug-likeness (QED) is 0.0303. The Morgan fingerprint density at radius 2 is 0.622 bits per heavy atom. The van der Waals surface area contributed by atoms with Gasteiger partial charge in [0.25, 0.3) is 0 Å². The molecule has 74 heavy (non-hydrogen) atoms. The first kappa shape index (κ1) is 70.2. The van der Waals surface area contributed by atoms with Crippen molar-refractivity contribution in [2.45, 2.75) is 329 Å². The highest BCUT2D eigenvalue weighted by Crippen LogP contribution is 2.28. The lowest BCUT2D eigenvalue weighted by Gasteiger charge is -2.33. The monoisotopic (exact) mass is 1040 g/mol. The molecule has 0 spiro atoms. The molecular formula is C67H127NO6. The maximum Gasteiger partial charge on any atom is 0.131 e. The van der Waals surface area contributed by atoms with Gasteiger partial charge in [0.2, 0.25) is 0 Å². The van der Waals surface area contributed by atoms with E-state index in [1.165, 1.54) is 295 Å². The summed E-state index contributed by atoms with van der Waals surface area (Å²) in [5, 5.41) is 12.4. The van der Waals surface area contributed by atoms with E-state index in [0.29, 0.717) is 43.5 Å². The summed E-state index contributed by atoms with van der Waals surface area (Å²) in [7, 11) is 1.63. The molecule has 0 bridgehead atoms. The van der Waals surface area contributed by atoms with Crippen LogP contribution in [0.25, 0.3) is 0 Å². The summed E-state index contributed by atoms with van der Waals surface area (Å²) in [5.41, 5.74) is 0.248. The van der Waals surface area contributed by atoms with Crippen LogP contribution in [-0.2, 0) is 14.2 Å². The minimum Gasteiger partial charge on any atom is -0.496 e. The van der Waals surface area contributed by atoms with Crippen LogP contribution < -0.4 is 9.47 Å². The maximum absolute atomic E-state index is 9.20. The van der Waals surface area contributed by atoms with Crippen LogP contribution in [0.3, 0.4) is 0 Å². The molecule has 0 atom stereocenters. The Kier molecular flexibility index (Phi) is 54.4. The Labute approximate surface area is 461 Å². The fourth-order valence-corrected chi connectivity index (χ4v) is 10.6. The third-order valence-corrected chi connectivity index (χ3v) is 15.6. The van der Waals surface area contributed by atoms with Crippen molar-refractivity contribution in [2.24, 2.45) is 10.6 Å². The first-order chi connectivity index (χ1) is 36.6. The zero-order valence-electron chi connectivity index (χ0n) is 50.1. The number of nitrogens with zero attached hydrogens (tertiary/aromatic N) is 1. The minimum atomic E-state index is -0.447. The van der Waals surface area contributed by atoms with Crippen molar-refractivity contribution in [1.82, 2.24) is 0 Å². The molecule has 0 aromatic heterocycles. The van der Waals surface area contributed by atoms with Crippen LogP contribution in [0.5, 0.6) is 11.5 Å². The Bertz CT molecular complexity index is 1180. The Hall–Kier alpha value is -1.83. The largest absolute Gasteiger partial charge is 0.496 e. The SMILES string of the molecule is CCCCCCCCCCCCCCCCCCOCC(COCCCCCCCCCCCCCCCCCC)(COCCCCCCCCCCCCCCCCCC)COc1ccc(C=NO)c(OC)c1. The van der Waals surface area contributed by atoms with E-state index in [2.05, 4.69) is 25.9 Å². The van der Waals surface area contributed by atoms with Crippen LogP contribution >= 0.6 is 0 Å². The minimum absolute atomic E-state index is 0.417. The predicted molar refractivity (Wildman–Crippen MR) is 321 cm³/mol. The fourth-order valence-electron chi connectivity index (χ4n) is 10.6. The zero-order valence-corrected chi connectivity index (χ0v) is 50.1. The van der Waals surface area contributed by atoms with Gasteiger partial charge < -0.3 is 28.9 Å². The molecule has 0 saturated heterocycles. The summed E-state index contributed by atoms with van der Waals surface area (Å²) in [4.78, 5) is 0. The average Bonchev–Trinajstić information content (AvgIpc) is 3.41. The molecule has 0 heterocycles. The van der Waals surface area contributed by atoms with Gasteiger partial charge in [-0.05, 0) is 31.4 Å². The first-order valence-corrected chi connectivity index (χ1v) is 32.9. The molecule has 0 aliphatic heterocycles. The lowest BCUT2D eigenvalue weighted by molar-refractivity contribution is -0.0893. The van der Waals surface area contributed by atoms with Crippen molar-refractivity contribution in [3.63, 3.8) is 0 Å². The molecule has 1 rings (SSSR count). The highest BCUT2D eigenvalue weighted by Gasteiger charge is 2.33. The number of hydrogen-bond acceptors (Lipinski definition) is 7. The third-order valence-electron chi connectivity index (χ3n) is 15.6. The normalized spacial score (nSPS) is 11.9. The number of benzene rings is 1. The molecule has 7 heteroatoms. The van der Waals surface area contributed by atoms with Crippen LogP contribution in [0.4, 0.5) is 0 Å². The summed E-state index contributed by atoms with van der Waals surface area (Å²) >= 11 is 0. The third kappa shape index (κ3) is 46.3. The standard InChI is InChI=1S/C67H127NO6/c1-5-8-11-14-17-20-23-26-29-32-35-38-41-44-47-50-55-71-60-67(63-74-65-54-53-64(59-68-69)66(58-65)70-4,61-72-56-51-48-45-42-39-36-33-30-27-24-21-18-15-12-9-6-2)62-73-57-52-49-46-43-40-37-34-31-28-25-22-19-16-13-10-7-3/h53-54,58-59,69H,5-52,55-57,60-63H2,1-4H3. The second-order valence-electron chi connectivity index (χ2n) is 23.0. The van der Waals surface area contributed by atoms with E-state index in [0.717, 1.165) is 39.1 Å². The summed E-state index contributed by atoms with van der Waals surface area (Å²) in [6.45, 7) is 11.2. The Balaban J connectivity index is 2.65. The molecule has 0 aliphatic carbocycles. The van der Waals surface area contributed by atoms with Gasteiger partial charge in [-0.1, -0.05) is 315 Å². The molecule has 1 aromatic rings. The molecule has 1 N–H and O–H groups in total. The maximum atomic E-state index is 9.20. The van der Waals surface area contributed by atoms with Crippen LogP contribution in [0.2, 0.25) is 0 Å². The second kappa shape index (κ2) is 57.3. The van der Waals surface area contributed by atoms with E-state index in [-0.39, 0.29) is 0 Å². The Morgan fingerprint density at radius 3 is 0.865 bits per heavy atom. The number of ether oxygens (including phenoxy) is 5. The second-order valence-corrected chi connectivity index (χ2v) is 23.0. The molecule has 0 radical (unpaired) electrons. The average molecular weight is 1040 g/mol. The Morgan fingerprint density at radius 1 is 0.365 bits per heavy atom. The van der Waals surface area contributed by atoms with Crippen molar-refractivity contribution < 1.29 is 28.9 Å². The lowest BCUT2D eigenvalue weighted by Crippen LogP contribution is -2.43. The summed E-state index contributed by atoms with van der Waals surface area (Å²) < 4.78 is 31.9. The van der Waals surface area contributed by atoms with E-state index in [9.17, 15) is 5.21 Å². The van der Waals surface area contributed by atoms with E-state index >= 15 is 0 Å². The van der Waals surface area contributed by atoms with Crippen molar-refractivity contribution in [3.8, 4) is 11.5 Å². The van der Waals surface area contributed by atoms with Gasteiger partial charge >= 0.3 is 0 Å².